The highest BCUT2D eigenvalue weighted by Crippen LogP contribution is 2.06. The summed E-state index contributed by atoms with van der Waals surface area (Å²) in [6.07, 6.45) is -2.36. The van der Waals surface area contributed by atoms with Crippen molar-refractivity contribution >= 4 is 29.7 Å². The van der Waals surface area contributed by atoms with Gasteiger partial charge in [-0.3, -0.25) is 19.2 Å². The molecule has 0 heterocycles. The van der Waals surface area contributed by atoms with E-state index in [9.17, 15) is 29.1 Å². The van der Waals surface area contributed by atoms with E-state index in [0.717, 1.165) is 0 Å². The number of carboxylic acids is 2. The molecular weight excluding hydrogens is 404 g/mol. The lowest BCUT2D eigenvalue weighted by Gasteiger charge is -2.27. The summed E-state index contributed by atoms with van der Waals surface area (Å²) in [7, 11) is 0. The van der Waals surface area contributed by atoms with Gasteiger partial charge in [-0.1, -0.05) is 13.8 Å². The zero-order valence-corrected chi connectivity index (χ0v) is 17.0. The van der Waals surface area contributed by atoms with Crippen LogP contribution in [0, 0.1) is 5.92 Å². The molecule has 0 bridgehead atoms. The minimum atomic E-state index is -1.58. The number of aliphatic hydroxyl groups is 2. The van der Waals surface area contributed by atoms with E-state index in [0.29, 0.717) is 0 Å². The Morgan fingerprint density at radius 2 is 1.37 bits per heavy atom. The summed E-state index contributed by atoms with van der Waals surface area (Å²) in [6.45, 7) is 3.73. The molecule has 0 aromatic rings. The maximum atomic E-state index is 12.6. The molecule has 0 rings (SSSR count). The monoisotopic (exact) mass is 434 g/mol. The molecule has 5 atom stereocenters. The summed E-state index contributed by atoms with van der Waals surface area (Å²) < 4.78 is 0. The van der Waals surface area contributed by atoms with E-state index in [1.54, 1.807) is 13.8 Å². The lowest BCUT2D eigenvalue weighted by Crippen LogP contribution is -2.61. The lowest BCUT2D eigenvalue weighted by atomic mass is 10.0. The third-order valence-electron chi connectivity index (χ3n) is 4.10. The first-order valence-corrected chi connectivity index (χ1v) is 9.22. The van der Waals surface area contributed by atoms with Crippen molar-refractivity contribution in [3.05, 3.63) is 0 Å². The Morgan fingerprint density at radius 3 is 1.77 bits per heavy atom. The topological polar surface area (TPSA) is 228 Å². The van der Waals surface area contributed by atoms with Gasteiger partial charge in [0.05, 0.1) is 12.7 Å². The summed E-state index contributed by atoms with van der Waals surface area (Å²) >= 11 is 0. The average Bonchev–Trinajstić information content (AvgIpc) is 2.64. The van der Waals surface area contributed by atoms with Gasteiger partial charge < -0.3 is 42.1 Å². The molecule has 5 unspecified atom stereocenters. The Morgan fingerprint density at radius 1 is 0.867 bits per heavy atom. The van der Waals surface area contributed by atoms with Crippen LogP contribution in [-0.4, -0.2) is 87.0 Å². The van der Waals surface area contributed by atoms with Gasteiger partial charge in [0.1, 0.15) is 24.2 Å². The van der Waals surface area contributed by atoms with Crippen LogP contribution in [0.4, 0.5) is 0 Å². The zero-order valence-electron chi connectivity index (χ0n) is 17.0. The quantitative estimate of drug-likeness (QED) is 0.144. The van der Waals surface area contributed by atoms with Crippen molar-refractivity contribution in [2.75, 3.05) is 6.61 Å². The highest BCUT2D eigenvalue weighted by molar-refractivity contribution is 5.94. The van der Waals surface area contributed by atoms with E-state index >= 15 is 0 Å². The molecule has 0 saturated carbocycles. The second kappa shape index (κ2) is 12.7. The van der Waals surface area contributed by atoms with E-state index in [4.69, 9.17) is 21.1 Å². The van der Waals surface area contributed by atoms with Crippen LogP contribution in [0.15, 0.2) is 0 Å². The van der Waals surface area contributed by atoms with Crippen LogP contribution in [0.3, 0.4) is 0 Å². The van der Waals surface area contributed by atoms with Crippen LogP contribution in [0.1, 0.15) is 33.6 Å². The van der Waals surface area contributed by atoms with Crippen LogP contribution < -0.4 is 21.7 Å². The number of hydrogen-bond donors (Lipinski definition) is 8. The minimum Gasteiger partial charge on any atom is -0.481 e. The lowest BCUT2D eigenvalue weighted by molar-refractivity contribution is -0.144. The molecule has 0 spiro atoms. The number of carbonyl (C=O) groups excluding carboxylic acids is 3. The summed E-state index contributed by atoms with van der Waals surface area (Å²) in [5.74, 6) is -5.89. The highest BCUT2D eigenvalue weighted by Gasteiger charge is 2.33. The van der Waals surface area contributed by atoms with Gasteiger partial charge in [0.2, 0.25) is 17.7 Å². The molecule has 0 fully saturated rings. The molecule has 0 aliphatic carbocycles. The number of rotatable bonds is 13. The third-order valence-corrected chi connectivity index (χ3v) is 4.10. The van der Waals surface area contributed by atoms with Crippen molar-refractivity contribution < 1.29 is 44.4 Å². The fraction of sp³-hybridized carbons (Fsp3) is 0.706. The number of carbonyl (C=O) groups is 5. The van der Waals surface area contributed by atoms with E-state index in [1.165, 1.54) is 6.92 Å². The third kappa shape index (κ3) is 9.15. The summed E-state index contributed by atoms with van der Waals surface area (Å²) in [4.78, 5) is 58.7. The first kappa shape index (κ1) is 27.2. The molecule has 0 aromatic carbocycles. The molecule has 9 N–H and O–H groups in total. The molecule has 172 valence electrons. The van der Waals surface area contributed by atoms with Crippen molar-refractivity contribution in [3.63, 3.8) is 0 Å². The predicted octanol–water partition coefficient (Wildman–Crippen LogP) is -3.25. The largest absolute Gasteiger partial charge is 0.481 e. The molecule has 0 aromatic heterocycles. The van der Waals surface area contributed by atoms with Gasteiger partial charge in [-0.05, 0) is 19.3 Å². The maximum absolute atomic E-state index is 12.6. The molecule has 30 heavy (non-hydrogen) atoms. The smallest absolute Gasteiger partial charge is 0.326 e. The average molecular weight is 434 g/mol. The first-order chi connectivity index (χ1) is 13.8. The van der Waals surface area contributed by atoms with Crippen molar-refractivity contribution in [2.24, 2.45) is 11.7 Å². The van der Waals surface area contributed by atoms with Crippen LogP contribution >= 0.6 is 0 Å². The van der Waals surface area contributed by atoms with Gasteiger partial charge in [0, 0.05) is 6.42 Å². The Kier molecular flexibility index (Phi) is 11.5. The van der Waals surface area contributed by atoms with Gasteiger partial charge in [-0.25, -0.2) is 4.79 Å². The van der Waals surface area contributed by atoms with Crippen LogP contribution in [0.25, 0.3) is 0 Å². The molecule has 0 aliphatic rings. The van der Waals surface area contributed by atoms with Gasteiger partial charge in [0.15, 0.2) is 0 Å². The Bertz CT molecular complexity index is 639. The van der Waals surface area contributed by atoms with Crippen molar-refractivity contribution in [2.45, 2.75) is 63.9 Å². The minimum absolute atomic E-state index is 0.402. The molecule has 13 heteroatoms. The number of amides is 3. The summed E-state index contributed by atoms with van der Waals surface area (Å²) in [5, 5.41) is 43.3. The fourth-order valence-electron chi connectivity index (χ4n) is 2.31. The number of carboxylic acid groups (broad SMARTS) is 2. The molecule has 0 radical (unpaired) electrons. The normalized spacial score (nSPS) is 16.0. The van der Waals surface area contributed by atoms with Crippen molar-refractivity contribution in [1.82, 2.24) is 16.0 Å². The van der Waals surface area contributed by atoms with Gasteiger partial charge >= 0.3 is 11.9 Å². The first-order valence-electron chi connectivity index (χ1n) is 9.22. The predicted molar refractivity (Wildman–Crippen MR) is 102 cm³/mol. The summed E-state index contributed by atoms with van der Waals surface area (Å²) in [5.41, 5.74) is 5.40. The Balaban J connectivity index is 5.32. The number of aliphatic carboxylic acids is 2. The summed E-state index contributed by atoms with van der Waals surface area (Å²) in [6, 6.07) is -5.55. The fourth-order valence-corrected chi connectivity index (χ4v) is 2.31. The Labute approximate surface area is 173 Å². The van der Waals surface area contributed by atoms with E-state index in [2.05, 4.69) is 16.0 Å². The van der Waals surface area contributed by atoms with Gasteiger partial charge in [0.25, 0.3) is 0 Å². The molecule has 13 nitrogen and oxygen atoms in total. The zero-order chi connectivity index (χ0) is 23.6. The number of hydrogen-bond acceptors (Lipinski definition) is 8. The van der Waals surface area contributed by atoms with Crippen LogP contribution in [0.5, 0.6) is 0 Å². The highest BCUT2D eigenvalue weighted by atomic mass is 16.4. The molecular formula is C17H30N4O9. The van der Waals surface area contributed by atoms with Gasteiger partial charge in [-0.2, -0.15) is 0 Å². The van der Waals surface area contributed by atoms with Crippen LogP contribution in [0.2, 0.25) is 0 Å². The second-order valence-electron chi connectivity index (χ2n) is 7.08. The van der Waals surface area contributed by atoms with E-state index in [-0.39, 0.29) is 0 Å². The van der Waals surface area contributed by atoms with Crippen LogP contribution in [-0.2, 0) is 24.0 Å². The number of aliphatic hydroxyl groups excluding tert-OH is 2. The number of nitrogens with two attached hydrogens (primary N) is 1. The van der Waals surface area contributed by atoms with E-state index in [1.807, 2.05) is 0 Å². The standard InChI is InChI=1S/C17H30N4O9/c1-7(2)12(20-14(26)9(18)6-22)15(27)21-13(8(3)23)16(28)19-10(17(29)30)4-5-11(24)25/h7-10,12-13,22-23H,4-6,18H2,1-3H3,(H,19,28)(H,20,26)(H,21,27)(H,24,25)(H,29,30). The number of nitrogens with one attached hydrogen (secondary N) is 3. The van der Waals surface area contributed by atoms with Crippen molar-refractivity contribution in [3.8, 4) is 0 Å². The maximum Gasteiger partial charge on any atom is 0.326 e. The molecule has 0 aliphatic heterocycles. The molecule has 0 saturated heterocycles. The molecule has 3 amide bonds. The Hall–Kier alpha value is -2.77. The van der Waals surface area contributed by atoms with E-state index < -0.39 is 85.3 Å². The second-order valence-corrected chi connectivity index (χ2v) is 7.08. The van der Waals surface area contributed by atoms with Gasteiger partial charge in [-0.15, -0.1) is 0 Å². The van der Waals surface area contributed by atoms with Crippen molar-refractivity contribution in [1.29, 1.82) is 0 Å². The SMILES string of the molecule is CC(C)C(NC(=O)C(N)CO)C(=O)NC(C(=O)NC(CCC(=O)O)C(=O)O)C(C)O.